The number of nitrogens with two attached hydrogens (primary N) is 1. The number of anilines is 2. The van der Waals surface area contributed by atoms with Gasteiger partial charge in [-0.25, -0.2) is 0 Å². The minimum absolute atomic E-state index is 0.149. The van der Waals surface area contributed by atoms with Crippen molar-refractivity contribution >= 4 is 11.5 Å². The minimum atomic E-state index is 0.149. The first-order chi connectivity index (χ1) is 8.15. The minimum Gasteiger partial charge on any atom is -0.399 e. The van der Waals surface area contributed by atoms with Crippen LogP contribution in [0.3, 0.4) is 0 Å². The Labute approximate surface area is 101 Å². The summed E-state index contributed by atoms with van der Waals surface area (Å²) in [5.74, 6) is 0.769. The van der Waals surface area contributed by atoms with Crippen molar-refractivity contribution < 1.29 is 0 Å². The SMILES string of the molecule is Cc1ccc(NC(C)c2cccc(N)c2)nn1. The zero-order valence-corrected chi connectivity index (χ0v) is 10.0. The smallest absolute Gasteiger partial charge is 0.149 e. The van der Waals surface area contributed by atoms with Crippen LogP contribution in [0.15, 0.2) is 36.4 Å². The number of nitrogens with one attached hydrogen (secondary N) is 1. The normalized spacial score (nSPS) is 12.1. The average Bonchev–Trinajstić information content (AvgIpc) is 2.32. The fraction of sp³-hybridized carbons (Fsp3) is 0.231. The van der Waals surface area contributed by atoms with Gasteiger partial charge in [-0.2, -0.15) is 5.10 Å². The Hall–Kier alpha value is -2.10. The Balaban J connectivity index is 2.11. The molecule has 1 aromatic carbocycles. The molecule has 0 saturated carbocycles. The maximum atomic E-state index is 5.75. The van der Waals surface area contributed by atoms with E-state index in [1.54, 1.807) is 0 Å². The summed E-state index contributed by atoms with van der Waals surface area (Å²) in [7, 11) is 0. The number of aryl methyl sites for hydroxylation is 1. The molecule has 88 valence electrons. The van der Waals surface area contributed by atoms with Gasteiger partial charge in [0.05, 0.1) is 11.7 Å². The zero-order chi connectivity index (χ0) is 12.3. The first-order valence-corrected chi connectivity index (χ1v) is 5.57. The van der Waals surface area contributed by atoms with Crippen LogP contribution in [0.4, 0.5) is 11.5 Å². The van der Waals surface area contributed by atoms with Crippen molar-refractivity contribution in [1.29, 1.82) is 0 Å². The first kappa shape index (κ1) is 11.4. The molecular formula is C13H16N4. The number of hydrogen-bond donors (Lipinski definition) is 2. The van der Waals surface area contributed by atoms with Crippen molar-refractivity contribution in [3.63, 3.8) is 0 Å². The van der Waals surface area contributed by atoms with Gasteiger partial charge in [0.15, 0.2) is 0 Å². The summed E-state index contributed by atoms with van der Waals surface area (Å²) >= 11 is 0. The van der Waals surface area contributed by atoms with E-state index in [4.69, 9.17) is 5.73 Å². The Morgan fingerprint density at radius 2 is 2.00 bits per heavy atom. The average molecular weight is 228 g/mol. The molecule has 0 bridgehead atoms. The molecule has 0 radical (unpaired) electrons. The summed E-state index contributed by atoms with van der Waals surface area (Å²) in [5, 5.41) is 11.4. The molecule has 2 aromatic rings. The molecule has 1 heterocycles. The molecule has 0 spiro atoms. The van der Waals surface area contributed by atoms with E-state index in [1.807, 2.05) is 43.3 Å². The van der Waals surface area contributed by atoms with E-state index in [-0.39, 0.29) is 6.04 Å². The molecule has 4 heteroatoms. The molecule has 0 aliphatic heterocycles. The van der Waals surface area contributed by atoms with E-state index in [9.17, 15) is 0 Å². The van der Waals surface area contributed by atoms with Crippen LogP contribution in [-0.4, -0.2) is 10.2 Å². The summed E-state index contributed by atoms with van der Waals surface area (Å²) in [4.78, 5) is 0. The topological polar surface area (TPSA) is 63.8 Å². The highest BCUT2D eigenvalue weighted by molar-refractivity contribution is 5.44. The van der Waals surface area contributed by atoms with E-state index in [0.29, 0.717) is 0 Å². The molecule has 1 atom stereocenters. The molecule has 2 rings (SSSR count). The van der Waals surface area contributed by atoms with Crippen LogP contribution in [0, 0.1) is 6.92 Å². The predicted molar refractivity (Wildman–Crippen MR) is 69.7 cm³/mol. The Kier molecular flexibility index (Phi) is 3.23. The van der Waals surface area contributed by atoms with E-state index < -0.39 is 0 Å². The van der Waals surface area contributed by atoms with Crippen molar-refractivity contribution in [2.75, 3.05) is 11.1 Å². The molecule has 1 aromatic heterocycles. The van der Waals surface area contributed by atoms with E-state index in [1.165, 1.54) is 0 Å². The molecule has 3 N–H and O–H groups in total. The van der Waals surface area contributed by atoms with Gasteiger partial charge in [0.1, 0.15) is 5.82 Å². The Morgan fingerprint density at radius 1 is 1.18 bits per heavy atom. The molecule has 17 heavy (non-hydrogen) atoms. The van der Waals surface area contributed by atoms with Gasteiger partial charge in [0.2, 0.25) is 0 Å². The summed E-state index contributed by atoms with van der Waals surface area (Å²) in [6.07, 6.45) is 0. The van der Waals surface area contributed by atoms with Crippen LogP contribution in [0.2, 0.25) is 0 Å². The largest absolute Gasteiger partial charge is 0.399 e. The number of hydrogen-bond acceptors (Lipinski definition) is 4. The highest BCUT2D eigenvalue weighted by atomic mass is 15.2. The van der Waals surface area contributed by atoms with Gasteiger partial charge in [-0.3, -0.25) is 0 Å². The molecule has 0 aliphatic carbocycles. The zero-order valence-electron chi connectivity index (χ0n) is 10.0. The molecular weight excluding hydrogens is 212 g/mol. The molecule has 1 unspecified atom stereocenters. The van der Waals surface area contributed by atoms with E-state index in [2.05, 4.69) is 22.4 Å². The van der Waals surface area contributed by atoms with Crippen LogP contribution in [0.1, 0.15) is 24.2 Å². The second-order valence-corrected chi connectivity index (χ2v) is 4.10. The fourth-order valence-corrected chi connectivity index (χ4v) is 1.61. The van der Waals surface area contributed by atoms with Crippen molar-refractivity contribution in [2.24, 2.45) is 0 Å². The Bertz CT molecular complexity index is 493. The lowest BCUT2D eigenvalue weighted by Gasteiger charge is -2.14. The fourth-order valence-electron chi connectivity index (χ4n) is 1.61. The third-order valence-electron chi connectivity index (χ3n) is 2.57. The Morgan fingerprint density at radius 3 is 2.65 bits per heavy atom. The quantitative estimate of drug-likeness (QED) is 0.792. The third-order valence-corrected chi connectivity index (χ3v) is 2.57. The van der Waals surface area contributed by atoms with Gasteiger partial charge >= 0.3 is 0 Å². The molecule has 0 fully saturated rings. The lowest BCUT2D eigenvalue weighted by atomic mass is 10.1. The predicted octanol–water partition coefficient (Wildman–Crippen LogP) is 2.54. The second kappa shape index (κ2) is 4.82. The van der Waals surface area contributed by atoms with Gasteiger partial charge in [-0.05, 0) is 43.7 Å². The maximum Gasteiger partial charge on any atom is 0.149 e. The number of benzene rings is 1. The molecule has 0 saturated heterocycles. The van der Waals surface area contributed by atoms with Gasteiger partial charge in [-0.1, -0.05) is 12.1 Å². The van der Waals surface area contributed by atoms with Crippen LogP contribution in [0.5, 0.6) is 0 Å². The first-order valence-electron chi connectivity index (χ1n) is 5.57. The summed E-state index contributed by atoms with van der Waals surface area (Å²) in [5.41, 5.74) is 8.56. The maximum absolute atomic E-state index is 5.75. The molecule has 0 amide bonds. The van der Waals surface area contributed by atoms with Crippen molar-refractivity contribution in [3.05, 3.63) is 47.7 Å². The highest BCUT2D eigenvalue weighted by Gasteiger charge is 2.06. The monoisotopic (exact) mass is 228 g/mol. The highest BCUT2D eigenvalue weighted by Crippen LogP contribution is 2.19. The van der Waals surface area contributed by atoms with Crippen LogP contribution in [0.25, 0.3) is 0 Å². The van der Waals surface area contributed by atoms with E-state index >= 15 is 0 Å². The van der Waals surface area contributed by atoms with Gasteiger partial charge < -0.3 is 11.1 Å². The standard InChI is InChI=1S/C13H16N4/c1-9-6-7-13(17-16-9)15-10(2)11-4-3-5-12(14)8-11/h3-8,10H,14H2,1-2H3,(H,15,17). The van der Waals surface area contributed by atoms with Crippen LogP contribution < -0.4 is 11.1 Å². The second-order valence-electron chi connectivity index (χ2n) is 4.10. The van der Waals surface area contributed by atoms with Gasteiger partial charge in [0, 0.05) is 5.69 Å². The summed E-state index contributed by atoms with van der Waals surface area (Å²) in [6, 6.07) is 11.8. The van der Waals surface area contributed by atoms with Gasteiger partial charge in [0.25, 0.3) is 0 Å². The third kappa shape index (κ3) is 2.93. The van der Waals surface area contributed by atoms with Crippen LogP contribution in [-0.2, 0) is 0 Å². The number of nitrogen functional groups attached to an aromatic ring is 1. The van der Waals surface area contributed by atoms with Crippen molar-refractivity contribution in [3.8, 4) is 0 Å². The van der Waals surface area contributed by atoms with Crippen molar-refractivity contribution in [2.45, 2.75) is 19.9 Å². The lowest BCUT2D eigenvalue weighted by molar-refractivity contribution is 0.856. The molecule has 4 nitrogen and oxygen atoms in total. The van der Waals surface area contributed by atoms with Crippen molar-refractivity contribution in [1.82, 2.24) is 10.2 Å². The lowest BCUT2D eigenvalue weighted by Crippen LogP contribution is -2.08. The summed E-state index contributed by atoms with van der Waals surface area (Å²) < 4.78 is 0. The van der Waals surface area contributed by atoms with Gasteiger partial charge in [-0.15, -0.1) is 5.10 Å². The number of aromatic nitrogens is 2. The summed E-state index contributed by atoms with van der Waals surface area (Å²) in [6.45, 7) is 3.98. The number of nitrogens with zero attached hydrogens (tertiary/aromatic N) is 2. The molecule has 0 aliphatic rings. The van der Waals surface area contributed by atoms with E-state index in [0.717, 1.165) is 22.8 Å². The number of rotatable bonds is 3. The van der Waals surface area contributed by atoms with Crippen LogP contribution >= 0.6 is 0 Å².